The fourth-order valence-electron chi connectivity index (χ4n) is 1.67. The van der Waals surface area contributed by atoms with Crippen LogP contribution in [0.25, 0.3) is 0 Å². The molecule has 1 atom stereocenters. The lowest BCUT2D eigenvalue weighted by Gasteiger charge is -2.17. The van der Waals surface area contributed by atoms with Crippen LogP contribution in [0.2, 0.25) is 0 Å². The smallest absolute Gasteiger partial charge is 0.196 e. The summed E-state index contributed by atoms with van der Waals surface area (Å²) in [5.41, 5.74) is 0.00653. The quantitative estimate of drug-likeness (QED) is 0.773. The van der Waals surface area contributed by atoms with Crippen LogP contribution < -0.4 is 5.32 Å². The number of hydrogen-bond acceptors (Lipinski definition) is 1. The molecule has 1 nitrogen and oxygen atoms in total. The van der Waals surface area contributed by atoms with Crippen molar-refractivity contribution in [2.75, 3.05) is 5.32 Å². The van der Waals surface area contributed by atoms with Crippen molar-refractivity contribution in [3.8, 4) is 0 Å². The maximum absolute atomic E-state index is 13.3. The number of nitrogens with one attached hydrogen (secondary N) is 1. The van der Waals surface area contributed by atoms with Crippen molar-refractivity contribution < 1.29 is 13.2 Å². The fourth-order valence-corrected chi connectivity index (χ4v) is 1.67. The van der Waals surface area contributed by atoms with Gasteiger partial charge in [-0.25, -0.2) is 13.2 Å². The number of rotatable bonds is 4. The first-order chi connectivity index (χ1) is 7.41. The van der Waals surface area contributed by atoms with E-state index in [0.29, 0.717) is 5.92 Å². The summed E-state index contributed by atoms with van der Waals surface area (Å²) in [5.74, 6) is -3.30. The predicted molar refractivity (Wildman–Crippen MR) is 58.9 cm³/mol. The Morgan fingerprint density at radius 1 is 1.06 bits per heavy atom. The number of anilines is 1. The number of benzene rings is 1. The highest BCUT2D eigenvalue weighted by Crippen LogP contribution is 2.21. The minimum absolute atomic E-state index is 0.00653. The van der Waals surface area contributed by atoms with Gasteiger partial charge in [0.1, 0.15) is 0 Å². The normalized spacial score (nSPS) is 12.9. The molecule has 1 aromatic rings. The Labute approximate surface area is 93.7 Å². The molecule has 1 N–H and O–H groups in total. The zero-order valence-electron chi connectivity index (χ0n) is 9.65. The molecule has 0 fully saturated rings. The highest BCUT2D eigenvalue weighted by Gasteiger charge is 2.14. The first kappa shape index (κ1) is 12.9. The summed E-state index contributed by atoms with van der Waals surface area (Å²) in [4.78, 5) is 0. The van der Waals surface area contributed by atoms with E-state index in [9.17, 15) is 13.2 Å². The van der Waals surface area contributed by atoms with E-state index < -0.39 is 17.5 Å². The van der Waals surface area contributed by atoms with Gasteiger partial charge in [-0.05, 0) is 31.4 Å². The van der Waals surface area contributed by atoms with Gasteiger partial charge >= 0.3 is 0 Å². The standard InChI is InChI=1S/C12H16F3N/c1-7(2)6-8(3)16-10-5-4-9(13)11(14)12(10)15/h4-5,7-8,16H,6H2,1-3H3. The Hall–Kier alpha value is -1.19. The Morgan fingerprint density at radius 2 is 1.69 bits per heavy atom. The third kappa shape index (κ3) is 3.15. The molecule has 4 heteroatoms. The fraction of sp³-hybridized carbons (Fsp3) is 0.500. The predicted octanol–water partition coefficient (Wildman–Crippen LogP) is 3.95. The molecule has 0 saturated heterocycles. The van der Waals surface area contributed by atoms with Gasteiger partial charge in [0.2, 0.25) is 0 Å². The van der Waals surface area contributed by atoms with Crippen molar-refractivity contribution in [3.05, 3.63) is 29.6 Å². The van der Waals surface area contributed by atoms with E-state index in [1.54, 1.807) is 0 Å². The Bertz CT molecular complexity index is 364. The van der Waals surface area contributed by atoms with E-state index in [-0.39, 0.29) is 11.7 Å². The minimum Gasteiger partial charge on any atom is -0.380 e. The molecule has 90 valence electrons. The maximum atomic E-state index is 13.3. The zero-order valence-corrected chi connectivity index (χ0v) is 9.65. The lowest BCUT2D eigenvalue weighted by Crippen LogP contribution is -2.18. The topological polar surface area (TPSA) is 12.0 Å². The van der Waals surface area contributed by atoms with Crippen molar-refractivity contribution >= 4 is 5.69 Å². The van der Waals surface area contributed by atoms with Crippen molar-refractivity contribution in [1.82, 2.24) is 0 Å². The lowest BCUT2D eigenvalue weighted by atomic mass is 10.1. The summed E-state index contributed by atoms with van der Waals surface area (Å²) in [5, 5.41) is 2.83. The van der Waals surface area contributed by atoms with Gasteiger partial charge in [-0.15, -0.1) is 0 Å². The third-order valence-corrected chi connectivity index (χ3v) is 2.26. The van der Waals surface area contributed by atoms with Crippen LogP contribution in [0.15, 0.2) is 12.1 Å². The number of hydrogen-bond donors (Lipinski definition) is 1. The van der Waals surface area contributed by atoms with Crippen molar-refractivity contribution in [2.24, 2.45) is 5.92 Å². The van der Waals surface area contributed by atoms with Crippen LogP contribution in [0, 0.1) is 23.4 Å². The summed E-state index contributed by atoms with van der Waals surface area (Å²) < 4.78 is 38.9. The van der Waals surface area contributed by atoms with E-state index in [0.717, 1.165) is 12.5 Å². The monoisotopic (exact) mass is 231 g/mol. The Morgan fingerprint density at radius 3 is 2.25 bits per heavy atom. The van der Waals surface area contributed by atoms with Crippen LogP contribution in [0.4, 0.5) is 18.9 Å². The average Bonchev–Trinajstić information content (AvgIpc) is 2.18. The van der Waals surface area contributed by atoms with Crippen molar-refractivity contribution in [2.45, 2.75) is 33.2 Å². The molecular formula is C12H16F3N. The van der Waals surface area contributed by atoms with Crippen LogP contribution in [0.5, 0.6) is 0 Å². The molecule has 16 heavy (non-hydrogen) atoms. The first-order valence-electron chi connectivity index (χ1n) is 5.31. The minimum atomic E-state index is -1.43. The summed E-state index contributed by atoms with van der Waals surface area (Å²) in [6.45, 7) is 5.96. The second kappa shape index (κ2) is 5.23. The molecule has 0 bridgehead atoms. The zero-order chi connectivity index (χ0) is 12.3. The van der Waals surface area contributed by atoms with Gasteiger partial charge in [0.25, 0.3) is 0 Å². The molecule has 1 unspecified atom stereocenters. The molecule has 0 aliphatic carbocycles. The molecule has 0 heterocycles. The molecular weight excluding hydrogens is 215 g/mol. The van der Waals surface area contributed by atoms with Gasteiger partial charge in [-0.3, -0.25) is 0 Å². The van der Waals surface area contributed by atoms with Gasteiger partial charge in [-0.2, -0.15) is 0 Å². The highest BCUT2D eigenvalue weighted by molar-refractivity contribution is 5.46. The van der Waals surface area contributed by atoms with E-state index in [2.05, 4.69) is 5.32 Å². The van der Waals surface area contributed by atoms with Gasteiger partial charge < -0.3 is 5.32 Å². The van der Waals surface area contributed by atoms with Crippen LogP contribution >= 0.6 is 0 Å². The average molecular weight is 231 g/mol. The molecule has 0 amide bonds. The Balaban J connectivity index is 2.78. The van der Waals surface area contributed by atoms with Crippen molar-refractivity contribution in [3.63, 3.8) is 0 Å². The van der Waals surface area contributed by atoms with Gasteiger partial charge in [-0.1, -0.05) is 13.8 Å². The van der Waals surface area contributed by atoms with Crippen LogP contribution in [0.1, 0.15) is 27.2 Å². The van der Waals surface area contributed by atoms with Crippen LogP contribution in [-0.4, -0.2) is 6.04 Å². The van der Waals surface area contributed by atoms with Crippen molar-refractivity contribution in [1.29, 1.82) is 0 Å². The molecule has 0 radical (unpaired) electrons. The highest BCUT2D eigenvalue weighted by atomic mass is 19.2. The van der Waals surface area contributed by atoms with Gasteiger partial charge in [0, 0.05) is 6.04 Å². The molecule has 0 aromatic heterocycles. The SMILES string of the molecule is CC(C)CC(C)Nc1ccc(F)c(F)c1F. The lowest BCUT2D eigenvalue weighted by molar-refractivity contribution is 0.447. The molecule has 1 rings (SSSR count). The largest absolute Gasteiger partial charge is 0.380 e. The van der Waals surface area contributed by atoms with E-state index in [1.165, 1.54) is 6.07 Å². The summed E-state index contributed by atoms with van der Waals surface area (Å²) in [6, 6.07) is 2.15. The van der Waals surface area contributed by atoms with Gasteiger partial charge in [0.05, 0.1) is 5.69 Å². The van der Waals surface area contributed by atoms with Crippen LogP contribution in [-0.2, 0) is 0 Å². The second-order valence-electron chi connectivity index (χ2n) is 4.40. The molecule has 0 saturated carbocycles. The van der Waals surface area contributed by atoms with Crippen LogP contribution in [0.3, 0.4) is 0 Å². The summed E-state index contributed by atoms with van der Waals surface area (Å²) in [7, 11) is 0. The second-order valence-corrected chi connectivity index (χ2v) is 4.40. The molecule has 0 aliphatic rings. The summed E-state index contributed by atoms with van der Waals surface area (Å²) in [6.07, 6.45) is 0.832. The number of halogens is 3. The summed E-state index contributed by atoms with van der Waals surface area (Å²) >= 11 is 0. The molecule has 1 aromatic carbocycles. The van der Waals surface area contributed by atoms with E-state index in [4.69, 9.17) is 0 Å². The van der Waals surface area contributed by atoms with Gasteiger partial charge in [0.15, 0.2) is 17.5 Å². The Kier molecular flexibility index (Phi) is 4.21. The molecule has 0 spiro atoms. The molecule has 0 aliphatic heterocycles. The van der Waals surface area contributed by atoms with E-state index >= 15 is 0 Å². The third-order valence-electron chi connectivity index (χ3n) is 2.26. The maximum Gasteiger partial charge on any atom is 0.196 e. The van der Waals surface area contributed by atoms with E-state index in [1.807, 2.05) is 20.8 Å². The first-order valence-corrected chi connectivity index (χ1v) is 5.31.